The Labute approximate surface area is 249 Å². The maximum Gasteiger partial charge on any atom is 2.00 e. The quantitative estimate of drug-likeness (QED) is 0.0937. The van der Waals surface area contributed by atoms with Crippen molar-refractivity contribution >= 4 is 7.12 Å². The van der Waals surface area contributed by atoms with Gasteiger partial charge in [0.25, 0.3) is 0 Å². The third-order valence-corrected chi connectivity index (χ3v) is 6.96. The van der Waals surface area contributed by atoms with E-state index in [0.29, 0.717) is 0 Å². The Kier molecular flexibility index (Phi) is 9.26. The maximum absolute atomic E-state index is 6.75. The Bertz CT molecular complexity index is 1560. The topological polar surface area (TPSA) is 112 Å². The molecule has 0 N–H and O–H groups in total. The number of nitrogens with zero attached hydrogens (tertiary/aromatic N) is 9. The normalized spacial score (nSPS) is 10.4. The number of benzene rings is 3. The van der Waals surface area contributed by atoms with Crippen molar-refractivity contribution in [3.8, 4) is 33.8 Å². The Morgan fingerprint density at radius 3 is 1.00 bits per heavy atom. The van der Waals surface area contributed by atoms with Crippen LogP contribution in [0.2, 0.25) is 0 Å². The fourth-order valence-electron chi connectivity index (χ4n) is 5.02. The molecule has 6 rings (SSSR count). The van der Waals surface area contributed by atoms with Crippen LogP contribution in [0.25, 0.3) is 49.7 Å². The summed E-state index contributed by atoms with van der Waals surface area (Å²) in [6, 6.07) is 37.3. The van der Waals surface area contributed by atoms with Gasteiger partial charge in [-0.05, 0) is 56.1 Å². The van der Waals surface area contributed by atoms with Crippen LogP contribution in [0.15, 0.2) is 109 Å². The number of rotatable bonds is 6. The smallest absolute Gasteiger partial charge is 0.400 e. The van der Waals surface area contributed by atoms with Crippen LogP contribution in [-0.4, -0.2) is 36.2 Å². The molecule has 0 aliphatic heterocycles. The van der Waals surface area contributed by atoms with Crippen molar-refractivity contribution in [2.45, 2.75) is 20.8 Å². The zero-order chi connectivity index (χ0) is 28.1. The van der Waals surface area contributed by atoms with E-state index in [1.165, 1.54) is 4.91 Å². The van der Waals surface area contributed by atoms with Crippen molar-refractivity contribution in [1.82, 2.24) is 29.1 Å². The molecule has 0 saturated heterocycles. The van der Waals surface area contributed by atoms with Gasteiger partial charge < -0.3 is 24.8 Å². The van der Waals surface area contributed by atoms with E-state index in [9.17, 15) is 0 Å². The monoisotopic (exact) mass is 584 g/mol. The van der Waals surface area contributed by atoms with E-state index in [4.69, 9.17) is 26.4 Å². The number of hydrogen-bond donors (Lipinski definition) is 0. The summed E-state index contributed by atoms with van der Waals surface area (Å²) in [6.07, 6.45) is 0. The zero-order valence-electron chi connectivity index (χ0n) is 23.0. The van der Waals surface area contributed by atoms with Crippen molar-refractivity contribution in [2.24, 2.45) is 0 Å². The van der Waals surface area contributed by atoms with Gasteiger partial charge in [0.1, 0.15) is 0 Å². The number of aromatic nitrogens is 6. The summed E-state index contributed by atoms with van der Waals surface area (Å²) in [4.78, 5) is 1.50. The van der Waals surface area contributed by atoms with Gasteiger partial charge in [0.15, 0.2) is 0 Å². The summed E-state index contributed by atoms with van der Waals surface area (Å²) < 4.78 is 6.31. The first kappa shape index (κ1) is 29.2. The molecule has 0 unspecified atom stereocenters. The van der Waals surface area contributed by atoms with Gasteiger partial charge in [-0.1, -0.05) is 91.0 Å². The second-order valence-electron chi connectivity index (χ2n) is 9.62. The molecule has 41 heavy (non-hydrogen) atoms. The minimum absolute atomic E-state index is 0. The fourth-order valence-corrected chi connectivity index (χ4v) is 5.02. The van der Waals surface area contributed by atoms with E-state index in [-0.39, 0.29) is 16.8 Å². The minimum Gasteiger partial charge on any atom is -0.400 e. The van der Waals surface area contributed by atoms with Crippen LogP contribution in [0.3, 0.4) is 0 Å². The SMILES string of the molecule is Cc1cc(-c2ccccc2)nn1[BH-](n1nc(-c2ccccc2)cc1C)n1nc(-c2ccccc2)cc1C.[Co+2].[N-]=[N+]=[N-]. The van der Waals surface area contributed by atoms with Gasteiger partial charge >= 0.3 is 23.9 Å². The molecule has 0 aliphatic rings. The molecule has 11 heteroatoms. The van der Waals surface area contributed by atoms with Crippen molar-refractivity contribution in [3.63, 3.8) is 0 Å². The van der Waals surface area contributed by atoms with Gasteiger partial charge in [-0.2, -0.15) is 0 Å². The van der Waals surface area contributed by atoms with Crippen LogP contribution in [0.4, 0.5) is 0 Å². The van der Waals surface area contributed by atoms with E-state index in [0.717, 1.165) is 50.9 Å². The van der Waals surface area contributed by atoms with Crippen molar-refractivity contribution in [1.29, 1.82) is 0 Å². The Morgan fingerprint density at radius 1 is 0.512 bits per heavy atom. The van der Waals surface area contributed by atoms with Crippen LogP contribution in [0.1, 0.15) is 17.1 Å². The maximum atomic E-state index is 6.75. The van der Waals surface area contributed by atoms with Gasteiger partial charge in [-0.15, -0.1) is 0 Å². The predicted molar refractivity (Wildman–Crippen MR) is 161 cm³/mol. The summed E-state index contributed by atoms with van der Waals surface area (Å²) in [5.74, 6) is 0. The number of hydrogen-bond acceptors (Lipinski definition) is 3. The molecule has 0 aliphatic carbocycles. The van der Waals surface area contributed by atoms with E-state index in [1.807, 2.05) is 54.6 Å². The molecule has 0 amide bonds. The molecule has 0 atom stereocenters. The standard InChI is InChI=1S/C30H28BN6.Co.N3/c1-22-19-28(25-13-7-4-8-14-25)32-35(22)31(36-23(2)20-29(33-36)26-15-9-5-10-16-26)37-24(3)21-30(34-37)27-17-11-6-12-18-27;;1-3-2/h4-21,31H,1-3H3;;/q-1;+2;-1. The van der Waals surface area contributed by atoms with Crippen LogP contribution in [0, 0.1) is 20.8 Å². The summed E-state index contributed by atoms with van der Waals surface area (Å²) in [5, 5.41) is 15.3. The Balaban J connectivity index is 0.000000929. The van der Waals surface area contributed by atoms with Crippen molar-refractivity contribution < 1.29 is 16.8 Å². The first-order valence-corrected chi connectivity index (χ1v) is 13.0. The third-order valence-electron chi connectivity index (χ3n) is 6.96. The molecule has 3 aromatic carbocycles. The second kappa shape index (κ2) is 13.0. The molecule has 0 saturated carbocycles. The fraction of sp³-hybridized carbons (Fsp3) is 0.100. The molecular weight excluding hydrogens is 556 g/mol. The molecule has 3 heterocycles. The van der Waals surface area contributed by atoms with E-state index in [1.54, 1.807) is 0 Å². The van der Waals surface area contributed by atoms with Gasteiger partial charge in [0.2, 0.25) is 0 Å². The molecule has 0 fully saturated rings. The molecule has 3 aromatic heterocycles. The van der Waals surface area contributed by atoms with Crippen LogP contribution < -0.4 is 0 Å². The van der Waals surface area contributed by atoms with E-state index < -0.39 is 7.12 Å². The molecule has 205 valence electrons. The number of aryl methyl sites for hydroxylation is 3. The summed E-state index contributed by atoms with van der Waals surface area (Å²) in [5.41, 5.74) is 22.8. The first-order chi connectivity index (χ1) is 19.5. The van der Waals surface area contributed by atoms with E-state index in [2.05, 4.69) is 89.1 Å². The van der Waals surface area contributed by atoms with Gasteiger partial charge in [-0.3, -0.25) is 4.91 Å². The van der Waals surface area contributed by atoms with Gasteiger partial charge in [0, 0.05) is 16.7 Å². The van der Waals surface area contributed by atoms with E-state index >= 15 is 0 Å². The Hall–Kier alpha value is -4.83. The molecule has 0 spiro atoms. The summed E-state index contributed by atoms with van der Waals surface area (Å²) >= 11 is 0. The molecule has 6 aromatic rings. The van der Waals surface area contributed by atoms with Crippen LogP contribution in [0.5, 0.6) is 0 Å². The van der Waals surface area contributed by atoms with Crippen LogP contribution in [-0.2, 0) is 16.8 Å². The molecule has 1 radical (unpaired) electrons. The average Bonchev–Trinajstić information content (AvgIpc) is 3.68. The van der Waals surface area contributed by atoms with Gasteiger partial charge in [-0.25, -0.2) is 15.3 Å². The van der Waals surface area contributed by atoms with Crippen LogP contribution >= 0.6 is 0 Å². The Morgan fingerprint density at radius 2 is 0.756 bits per heavy atom. The predicted octanol–water partition coefficient (Wildman–Crippen LogP) is 6.73. The zero-order valence-corrected chi connectivity index (χ0v) is 24.0. The molecule has 9 nitrogen and oxygen atoms in total. The first-order valence-electron chi connectivity index (χ1n) is 13.0. The summed E-state index contributed by atoms with van der Waals surface area (Å²) in [6.45, 7) is 6.31. The third kappa shape index (κ3) is 6.17. The molecular formula is C30H28BCoN9. The van der Waals surface area contributed by atoms with Gasteiger partial charge in [0.05, 0.1) is 17.1 Å². The average molecular weight is 584 g/mol. The van der Waals surface area contributed by atoms with Crippen molar-refractivity contribution in [2.75, 3.05) is 0 Å². The second-order valence-corrected chi connectivity index (χ2v) is 9.62. The molecule has 0 bridgehead atoms. The summed E-state index contributed by atoms with van der Waals surface area (Å²) in [7, 11) is -1.55. The van der Waals surface area contributed by atoms with Crippen molar-refractivity contribution in [3.05, 3.63) is 142 Å². The minimum atomic E-state index is -1.55. The largest absolute Gasteiger partial charge is 2.00 e.